The quantitative estimate of drug-likeness (QED) is 0.686. The second-order valence-corrected chi connectivity index (χ2v) is 5.97. The third kappa shape index (κ3) is 4.83. The predicted molar refractivity (Wildman–Crippen MR) is 97.9 cm³/mol. The zero-order chi connectivity index (χ0) is 18.4. The van der Waals surface area contributed by atoms with Crippen LogP contribution in [0.15, 0.2) is 52.9 Å². The first-order valence-electron chi connectivity index (χ1n) is 8.21. The summed E-state index contributed by atoms with van der Waals surface area (Å²) >= 11 is 5.86. The normalized spacial score (nSPS) is 10.5. The molecule has 0 bridgehead atoms. The van der Waals surface area contributed by atoms with Gasteiger partial charge in [0.2, 0.25) is 17.7 Å². The molecule has 0 atom stereocenters. The first-order valence-corrected chi connectivity index (χ1v) is 8.58. The highest BCUT2D eigenvalue weighted by Crippen LogP contribution is 2.20. The number of carbonyl (C=O) groups excluding carboxylic acids is 1. The molecule has 2 aromatic carbocycles. The first kappa shape index (κ1) is 17.9. The van der Waals surface area contributed by atoms with E-state index in [0.29, 0.717) is 23.4 Å². The van der Waals surface area contributed by atoms with Gasteiger partial charge in [0.1, 0.15) is 5.75 Å². The molecule has 1 N–H and O–H groups in total. The second-order valence-electron chi connectivity index (χ2n) is 5.54. The van der Waals surface area contributed by atoms with Crippen LogP contribution in [0.1, 0.15) is 18.4 Å². The van der Waals surface area contributed by atoms with Crippen LogP contribution in [0.25, 0.3) is 11.5 Å². The van der Waals surface area contributed by atoms with E-state index in [4.69, 9.17) is 20.8 Å². The number of benzene rings is 2. The molecule has 1 amide bonds. The summed E-state index contributed by atoms with van der Waals surface area (Å²) in [4.78, 5) is 12.1. The van der Waals surface area contributed by atoms with E-state index in [0.717, 1.165) is 16.9 Å². The zero-order valence-corrected chi connectivity index (χ0v) is 15.0. The molecule has 0 unspecified atom stereocenters. The van der Waals surface area contributed by atoms with Crippen molar-refractivity contribution in [2.45, 2.75) is 19.9 Å². The Hall–Kier alpha value is -2.86. The highest BCUT2D eigenvalue weighted by Gasteiger charge is 2.10. The molecular formula is C19H18ClN3O3. The average molecular weight is 372 g/mol. The molecule has 0 fully saturated rings. The van der Waals surface area contributed by atoms with Crippen molar-refractivity contribution in [1.29, 1.82) is 0 Å². The fourth-order valence-corrected chi connectivity index (χ4v) is 2.45. The Kier molecular flexibility index (Phi) is 5.86. The first-order chi connectivity index (χ1) is 12.6. The number of rotatable bonds is 7. The summed E-state index contributed by atoms with van der Waals surface area (Å²) in [6, 6.07) is 14.5. The minimum atomic E-state index is -0.125. The summed E-state index contributed by atoms with van der Waals surface area (Å²) < 4.78 is 10.9. The Bertz CT molecular complexity index is 860. The van der Waals surface area contributed by atoms with Gasteiger partial charge in [-0.15, -0.1) is 10.2 Å². The van der Waals surface area contributed by atoms with E-state index in [2.05, 4.69) is 15.5 Å². The summed E-state index contributed by atoms with van der Waals surface area (Å²) in [6.45, 7) is 2.72. The van der Waals surface area contributed by atoms with Crippen molar-refractivity contribution in [3.05, 3.63) is 65.0 Å². The average Bonchev–Trinajstić information content (AvgIpc) is 3.11. The van der Waals surface area contributed by atoms with E-state index in [1.807, 2.05) is 31.2 Å². The summed E-state index contributed by atoms with van der Waals surface area (Å²) in [5.74, 6) is 1.39. The molecule has 3 aromatic rings. The standard InChI is InChI=1S/C19H18ClN3O3/c1-2-25-16-9-3-13(4-10-16)11-17(24)21-12-18-22-23-19(26-18)14-5-7-15(20)8-6-14/h3-10H,2,11-12H2,1H3,(H,21,24). The van der Waals surface area contributed by atoms with Gasteiger partial charge in [0.05, 0.1) is 19.6 Å². The maximum Gasteiger partial charge on any atom is 0.247 e. The minimum Gasteiger partial charge on any atom is -0.494 e. The summed E-state index contributed by atoms with van der Waals surface area (Å²) in [5, 5.41) is 11.3. The number of nitrogens with one attached hydrogen (secondary N) is 1. The van der Waals surface area contributed by atoms with Gasteiger partial charge < -0.3 is 14.5 Å². The molecule has 0 saturated carbocycles. The zero-order valence-electron chi connectivity index (χ0n) is 14.2. The lowest BCUT2D eigenvalue weighted by atomic mass is 10.1. The molecule has 134 valence electrons. The van der Waals surface area contributed by atoms with Crippen molar-refractivity contribution < 1.29 is 13.9 Å². The van der Waals surface area contributed by atoms with Crippen LogP contribution in [0, 0.1) is 0 Å². The lowest BCUT2D eigenvalue weighted by Gasteiger charge is -2.05. The monoisotopic (exact) mass is 371 g/mol. The maximum absolute atomic E-state index is 12.1. The van der Waals surface area contributed by atoms with E-state index in [1.165, 1.54) is 0 Å². The second kappa shape index (κ2) is 8.49. The Balaban J connectivity index is 1.52. The predicted octanol–water partition coefficient (Wildman–Crippen LogP) is 3.65. The maximum atomic E-state index is 12.1. The van der Waals surface area contributed by atoms with Gasteiger partial charge in [-0.1, -0.05) is 23.7 Å². The highest BCUT2D eigenvalue weighted by molar-refractivity contribution is 6.30. The van der Waals surface area contributed by atoms with Crippen LogP contribution in [0.2, 0.25) is 5.02 Å². The fourth-order valence-electron chi connectivity index (χ4n) is 2.33. The van der Waals surface area contributed by atoms with Crippen LogP contribution < -0.4 is 10.1 Å². The fraction of sp³-hybridized carbons (Fsp3) is 0.211. The van der Waals surface area contributed by atoms with Crippen molar-refractivity contribution in [1.82, 2.24) is 15.5 Å². The molecule has 0 saturated heterocycles. The topological polar surface area (TPSA) is 77.2 Å². The molecule has 7 heteroatoms. The van der Waals surface area contributed by atoms with E-state index >= 15 is 0 Å². The summed E-state index contributed by atoms with van der Waals surface area (Å²) in [5.41, 5.74) is 1.67. The number of hydrogen-bond donors (Lipinski definition) is 1. The van der Waals surface area contributed by atoms with Gasteiger partial charge in [0.15, 0.2) is 0 Å². The van der Waals surface area contributed by atoms with Crippen molar-refractivity contribution >= 4 is 17.5 Å². The lowest BCUT2D eigenvalue weighted by molar-refractivity contribution is -0.120. The molecule has 6 nitrogen and oxygen atoms in total. The lowest BCUT2D eigenvalue weighted by Crippen LogP contribution is -2.24. The largest absolute Gasteiger partial charge is 0.494 e. The Morgan fingerprint density at radius 2 is 1.85 bits per heavy atom. The molecule has 1 aromatic heterocycles. The van der Waals surface area contributed by atoms with Crippen LogP contribution in [0.4, 0.5) is 0 Å². The molecular weight excluding hydrogens is 354 g/mol. The minimum absolute atomic E-state index is 0.125. The van der Waals surface area contributed by atoms with E-state index in [9.17, 15) is 4.79 Å². The van der Waals surface area contributed by atoms with Gasteiger partial charge in [-0.2, -0.15) is 0 Å². The van der Waals surface area contributed by atoms with Gasteiger partial charge in [-0.05, 0) is 48.9 Å². The number of carbonyl (C=O) groups is 1. The molecule has 0 aliphatic carbocycles. The third-order valence-electron chi connectivity index (χ3n) is 3.59. The van der Waals surface area contributed by atoms with Crippen molar-refractivity contribution in [3.8, 4) is 17.2 Å². The Morgan fingerprint density at radius 3 is 2.54 bits per heavy atom. The van der Waals surface area contributed by atoms with Gasteiger partial charge in [0.25, 0.3) is 0 Å². The molecule has 0 radical (unpaired) electrons. The van der Waals surface area contributed by atoms with Crippen molar-refractivity contribution in [2.75, 3.05) is 6.61 Å². The van der Waals surface area contributed by atoms with Crippen molar-refractivity contribution in [2.24, 2.45) is 0 Å². The molecule has 0 aliphatic rings. The van der Waals surface area contributed by atoms with Crippen LogP contribution in [0.3, 0.4) is 0 Å². The summed E-state index contributed by atoms with van der Waals surface area (Å²) in [6.07, 6.45) is 0.268. The number of nitrogens with zero attached hydrogens (tertiary/aromatic N) is 2. The summed E-state index contributed by atoms with van der Waals surface area (Å²) in [7, 11) is 0. The van der Waals surface area contributed by atoms with Crippen LogP contribution in [-0.4, -0.2) is 22.7 Å². The number of amides is 1. The van der Waals surface area contributed by atoms with Crippen LogP contribution in [0.5, 0.6) is 5.75 Å². The molecule has 0 aliphatic heterocycles. The molecule has 1 heterocycles. The molecule has 26 heavy (non-hydrogen) atoms. The number of hydrogen-bond acceptors (Lipinski definition) is 5. The number of halogens is 1. The Morgan fingerprint density at radius 1 is 1.12 bits per heavy atom. The Labute approximate surface area is 156 Å². The molecule has 0 spiro atoms. The highest BCUT2D eigenvalue weighted by atomic mass is 35.5. The smallest absolute Gasteiger partial charge is 0.247 e. The van der Waals surface area contributed by atoms with Gasteiger partial charge >= 0.3 is 0 Å². The van der Waals surface area contributed by atoms with Gasteiger partial charge in [-0.25, -0.2) is 0 Å². The number of ether oxygens (including phenoxy) is 1. The van der Waals surface area contributed by atoms with Crippen LogP contribution >= 0.6 is 11.6 Å². The third-order valence-corrected chi connectivity index (χ3v) is 3.85. The van der Waals surface area contributed by atoms with Crippen molar-refractivity contribution in [3.63, 3.8) is 0 Å². The van der Waals surface area contributed by atoms with E-state index in [1.54, 1.807) is 24.3 Å². The van der Waals surface area contributed by atoms with E-state index < -0.39 is 0 Å². The van der Waals surface area contributed by atoms with Gasteiger partial charge in [0, 0.05) is 10.6 Å². The SMILES string of the molecule is CCOc1ccc(CC(=O)NCc2nnc(-c3ccc(Cl)cc3)o2)cc1. The van der Waals surface area contributed by atoms with Gasteiger partial charge in [-0.3, -0.25) is 4.79 Å². The molecule has 3 rings (SSSR count). The van der Waals surface area contributed by atoms with Crippen LogP contribution in [-0.2, 0) is 17.8 Å². The number of aromatic nitrogens is 2. The van der Waals surface area contributed by atoms with E-state index in [-0.39, 0.29) is 18.9 Å².